The largest absolute Gasteiger partial charge is 0.484 e. The van der Waals surface area contributed by atoms with Crippen molar-refractivity contribution in [2.45, 2.75) is 19.9 Å². The Morgan fingerprint density at radius 1 is 1.00 bits per heavy atom. The molecule has 2 amide bonds. The van der Waals surface area contributed by atoms with Gasteiger partial charge < -0.3 is 19.6 Å². The third kappa shape index (κ3) is 4.39. The highest BCUT2D eigenvalue weighted by atomic mass is 16.5. The number of benzene rings is 3. The zero-order valence-corrected chi connectivity index (χ0v) is 20.7. The number of hydrogen-bond donors (Lipinski definition) is 1. The van der Waals surface area contributed by atoms with Gasteiger partial charge in [0.25, 0.3) is 11.8 Å². The standard InChI is InChI=1S/C29H24N2O7/c1-3-36-29(35)18-5-9-19(10-6-18)31-25(17-7-11-20(12-8-17)37-15-23(30)32)24-26(33)21-14-16(2)4-13-22(21)38-27(24)28(31)34/h4-14,25H,3,15H2,1-2H3,(H2,30,32). The molecule has 192 valence electrons. The molecular formula is C29H24N2O7. The zero-order valence-electron chi connectivity index (χ0n) is 20.7. The highest BCUT2D eigenvalue weighted by molar-refractivity contribution is 6.10. The fraction of sp³-hybridized carbons (Fsp3) is 0.172. The first-order valence-electron chi connectivity index (χ1n) is 12.0. The SMILES string of the molecule is CCOC(=O)c1ccc(N2C(=O)c3oc4ccc(C)cc4c(=O)c3C2c2ccc(OCC(N)=O)cc2)cc1. The van der Waals surface area contributed by atoms with Crippen LogP contribution in [-0.4, -0.2) is 31.0 Å². The average molecular weight is 513 g/mol. The molecule has 0 saturated carbocycles. The molecule has 4 aromatic rings. The Morgan fingerprint density at radius 2 is 1.71 bits per heavy atom. The Morgan fingerprint density at radius 3 is 2.37 bits per heavy atom. The van der Waals surface area contributed by atoms with Crippen LogP contribution in [0, 0.1) is 6.92 Å². The van der Waals surface area contributed by atoms with E-state index in [1.807, 2.05) is 13.0 Å². The van der Waals surface area contributed by atoms with Crippen LogP contribution in [0.2, 0.25) is 0 Å². The van der Waals surface area contributed by atoms with Gasteiger partial charge in [0.05, 0.1) is 29.2 Å². The number of esters is 1. The Hall–Kier alpha value is -4.92. The molecule has 0 radical (unpaired) electrons. The fourth-order valence-electron chi connectivity index (χ4n) is 4.54. The number of amides is 2. The highest BCUT2D eigenvalue weighted by Gasteiger charge is 2.43. The average Bonchev–Trinajstić information content (AvgIpc) is 3.20. The Labute approximate surface area is 217 Å². The molecular weight excluding hydrogens is 488 g/mol. The molecule has 0 fully saturated rings. The lowest BCUT2D eigenvalue weighted by Gasteiger charge is -2.25. The van der Waals surface area contributed by atoms with E-state index in [1.54, 1.807) is 67.6 Å². The lowest BCUT2D eigenvalue weighted by molar-refractivity contribution is -0.119. The van der Waals surface area contributed by atoms with E-state index < -0.39 is 23.8 Å². The van der Waals surface area contributed by atoms with Gasteiger partial charge in [0.15, 0.2) is 12.0 Å². The Bertz CT molecular complexity index is 1620. The van der Waals surface area contributed by atoms with Gasteiger partial charge in [-0.2, -0.15) is 0 Å². The van der Waals surface area contributed by atoms with Crippen LogP contribution in [0.15, 0.2) is 75.9 Å². The number of nitrogens with two attached hydrogens (primary N) is 1. The molecule has 1 aliphatic heterocycles. The van der Waals surface area contributed by atoms with Crippen molar-refractivity contribution in [2.24, 2.45) is 5.73 Å². The first-order valence-corrected chi connectivity index (χ1v) is 12.0. The highest BCUT2D eigenvalue weighted by Crippen LogP contribution is 2.41. The van der Waals surface area contributed by atoms with Crippen molar-refractivity contribution in [3.8, 4) is 5.75 Å². The molecule has 9 nitrogen and oxygen atoms in total. The van der Waals surface area contributed by atoms with Crippen LogP contribution in [0.1, 0.15) is 50.6 Å². The van der Waals surface area contributed by atoms with Crippen molar-refractivity contribution >= 4 is 34.4 Å². The molecule has 2 N–H and O–H groups in total. The second kappa shape index (κ2) is 9.85. The van der Waals surface area contributed by atoms with Crippen molar-refractivity contribution in [1.29, 1.82) is 0 Å². The van der Waals surface area contributed by atoms with Crippen LogP contribution in [0.3, 0.4) is 0 Å². The molecule has 38 heavy (non-hydrogen) atoms. The number of aryl methyl sites for hydroxylation is 1. The van der Waals surface area contributed by atoms with Crippen LogP contribution < -0.4 is 20.8 Å². The molecule has 5 rings (SSSR count). The third-order valence-corrected chi connectivity index (χ3v) is 6.26. The molecule has 2 heterocycles. The van der Waals surface area contributed by atoms with Gasteiger partial charge >= 0.3 is 5.97 Å². The van der Waals surface area contributed by atoms with Gasteiger partial charge in [-0.05, 0) is 67.9 Å². The molecule has 1 aromatic heterocycles. The molecule has 3 aromatic carbocycles. The van der Waals surface area contributed by atoms with E-state index in [0.717, 1.165) is 5.56 Å². The van der Waals surface area contributed by atoms with E-state index in [-0.39, 0.29) is 30.0 Å². The lowest BCUT2D eigenvalue weighted by atomic mass is 9.97. The number of carbonyl (C=O) groups is 3. The third-order valence-electron chi connectivity index (χ3n) is 6.26. The van der Waals surface area contributed by atoms with Crippen molar-refractivity contribution < 1.29 is 28.3 Å². The fourth-order valence-corrected chi connectivity index (χ4v) is 4.54. The van der Waals surface area contributed by atoms with Gasteiger partial charge in [0.2, 0.25) is 5.76 Å². The summed E-state index contributed by atoms with van der Waals surface area (Å²) in [5.41, 5.74) is 7.70. The van der Waals surface area contributed by atoms with Crippen LogP contribution in [0.5, 0.6) is 5.75 Å². The van der Waals surface area contributed by atoms with Gasteiger partial charge in [-0.1, -0.05) is 23.8 Å². The van der Waals surface area contributed by atoms with Crippen LogP contribution in [-0.2, 0) is 9.53 Å². The molecule has 1 atom stereocenters. The first-order chi connectivity index (χ1) is 18.3. The molecule has 0 saturated heterocycles. The van der Waals surface area contributed by atoms with Crippen molar-refractivity contribution in [1.82, 2.24) is 0 Å². The van der Waals surface area contributed by atoms with E-state index >= 15 is 0 Å². The summed E-state index contributed by atoms with van der Waals surface area (Å²) in [6.07, 6.45) is 0. The van der Waals surface area contributed by atoms with Crippen molar-refractivity contribution in [3.05, 3.63) is 105 Å². The number of primary amides is 1. The monoisotopic (exact) mass is 512 g/mol. The van der Waals surface area contributed by atoms with Gasteiger partial charge in [-0.15, -0.1) is 0 Å². The minimum absolute atomic E-state index is 0.0418. The topological polar surface area (TPSA) is 129 Å². The first kappa shape index (κ1) is 24.8. The number of anilines is 1. The number of hydrogen-bond acceptors (Lipinski definition) is 7. The maximum absolute atomic E-state index is 13.8. The second-order valence-corrected chi connectivity index (χ2v) is 8.84. The van der Waals surface area contributed by atoms with E-state index in [9.17, 15) is 19.2 Å². The number of carbonyl (C=O) groups excluding carboxylic acids is 3. The molecule has 0 aliphatic carbocycles. The summed E-state index contributed by atoms with van der Waals surface area (Å²) >= 11 is 0. The Kier molecular flexibility index (Phi) is 6.42. The Balaban J connectivity index is 1.64. The van der Waals surface area contributed by atoms with Gasteiger partial charge in [0.1, 0.15) is 11.3 Å². The van der Waals surface area contributed by atoms with Gasteiger partial charge in [-0.25, -0.2) is 4.79 Å². The predicted octanol–water partition coefficient (Wildman–Crippen LogP) is 3.89. The quantitative estimate of drug-likeness (QED) is 0.372. The maximum atomic E-state index is 13.8. The van der Waals surface area contributed by atoms with E-state index in [1.165, 1.54) is 4.90 Å². The van der Waals surface area contributed by atoms with Crippen molar-refractivity contribution in [3.63, 3.8) is 0 Å². The van der Waals surface area contributed by atoms with Crippen LogP contribution >= 0.6 is 0 Å². The molecule has 9 heteroatoms. The van der Waals surface area contributed by atoms with Crippen LogP contribution in [0.25, 0.3) is 11.0 Å². The zero-order chi connectivity index (χ0) is 27.0. The van der Waals surface area contributed by atoms with Crippen LogP contribution in [0.4, 0.5) is 5.69 Å². The summed E-state index contributed by atoms with van der Waals surface area (Å²) in [6, 6.07) is 17.5. The maximum Gasteiger partial charge on any atom is 0.338 e. The minimum atomic E-state index is -0.808. The molecule has 0 spiro atoms. The number of fused-ring (bicyclic) bond motifs is 2. The summed E-state index contributed by atoms with van der Waals surface area (Å²) < 4.78 is 16.4. The second-order valence-electron chi connectivity index (χ2n) is 8.84. The summed E-state index contributed by atoms with van der Waals surface area (Å²) in [5.74, 6) is -1.20. The number of ether oxygens (including phenoxy) is 2. The van der Waals surface area contributed by atoms with Crippen molar-refractivity contribution in [2.75, 3.05) is 18.1 Å². The van der Waals surface area contributed by atoms with E-state index in [2.05, 4.69) is 0 Å². The van der Waals surface area contributed by atoms with E-state index in [0.29, 0.717) is 33.5 Å². The van der Waals surface area contributed by atoms with Gasteiger partial charge in [0, 0.05) is 5.69 Å². The summed E-state index contributed by atoms with van der Waals surface area (Å²) in [5, 5.41) is 0.377. The predicted molar refractivity (Wildman–Crippen MR) is 139 cm³/mol. The molecule has 0 bridgehead atoms. The molecule has 1 aliphatic rings. The lowest BCUT2D eigenvalue weighted by Crippen LogP contribution is -2.29. The summed E-state index contributed by atoms with van der Waals surface area (Å²) in [6.45, 7) is 3.55. The minimum Gasteiger partial charge on any atom is -0.484 e. The normalized spacial score (nSPS) is 14.4. The van der Waals surface area contributed by atoms with Gasteiger partial charge in [-0.3, -0.25) is 19.3 Å². The summed E-state index contributed by atoms with van der Waals surface area (Å²) in [7, 11) is 0. The number of rotatable bonds is 7. The molecule has 1 unspecified atom stereocenters. The smallest absolute Gasteiger partial charge is 0.338 e. The summed E-state index contributed by atoms with van der Waals surface area (Å²) in [4.78, 5) is 52.2. The van der Waals surface area contributed by atoms with E-state index in [4.69, 9.17) is 19.6 Å². The number of nitrogens with zero attached hydrogens (tertiary/aromatic N) is 1.